The van der Waals surface area contributed by atoms with Crippen LogP contribution in [-0.4, -0.2) is 26.6 Å². The first-order valence-electron chi connectivity index (χ1n) is 10.7. The zero-order valence-corrected chi connectivity index (χ0v) is 18.0. The molecule has 1 aliphatic rings. The first kappa shape index (κ1) is 20.6. The number of amides is 1. The highest BCUT2D eigenvalue weighted by Crippen LogP contribution is 2.31. The van der Waals surface area contributed by atoms with Crippen LogP contribution in [0.15, 0.2) is 85.5 Å². The molecule has 1 amide bonds. The van der Waals surface area contributed by atoms with E-state index in [9.17, 15) is 9.59 Å². The van der Waals surface area contributed by atoms with Crippen LogP contribution in [0.5, 0.6) is 0 Å². The normalized spacial score (nSPS) is 15.9. The predicted octanol–water partition coefficient (Wildman–Crippen LogP) is 4.21. The molecule has 7 nitrogen and oxygen atoms in total. The Hall–Kier alpha value is -4.26. The third kappa shape index (κ3) is 4.25. The largest absolute Gasteiger partial charge is 0.454 e. The van der Waals surface area contributed by atoms with E-state index in [1.807, 2.05) is 61.5 Å². The Morgan fingerprint density at radius 2 is 1.88 bits per heavy atom. The third-order valence-electron chi connectivity index (χ3n) is 5.84. The van der Waals surface area contributed by atoms with Crippen molar-refractivity contribution < 1.29 is 14.3 Å². The van der Waals surface area contributed by atoms with Crippen molar-refractivity contribution in [3.05, 3.63) is 113 Å². The summed E-state index contributed by atoms with van der Waals surface area (Å²) in [5.41, 5.74) is 4.64. The summed E-state index contributed by atoms with van der Waals surface area (Å²) in [4.78, 5) is 29.4. The van der Waals surface area contributed by atoms with Gasteiger partial charge < -0.3 is 10.1 Å². The van der Waals surface area contributed by atoms with Crippen LogP contribution in [0.2, 0.25) is 0 Å². The Morgan fingerprint density at radius 3 is 2.61 bits per heavy atom. The van der Waals surface area contributed by atoms with Crippen molar-refractivity contribution in [3.63, 3.8) is 0 Å². The van der Waals surface area contributed by atoms with Crippen LogP contribution in [0.25, 0.3) is 5.69 Å². The number of nitrogens with one attached hydrogen (secondary N) is 1. The zero-order valence-electron chi connectivity index (χ0n) is 18.0. The number of nitrogens with zero attached hydrogens (tertiary/aromatic N) is 3. The summed E-state index contributed by atoms with van der Waals surface area (Å²) < 4.78 is 7.28. The number of fused-ring (bicyclic) bond motifs is 1. The monoisotopic (exact) mass is 438 g/mol. The van der Waals surface area contributed by atoms with Gasteiger partial charge in [0.1, 0.15) is 18.8 Å². The number of cyclic esters (lactones) is 1. The molecule has 5 rings (SSSR count). The molecule has 164 valence electrons. The molecule has 33 heavy (non-hydrogen) atoms. The Bertz CT molecular complexity index is 1290. The molecule has 0 saturated heterocycles. The van der Waals surface area contributed by atoms with Crippen molar-refractivity contribution in [2.24, 2.45) is 0 Å². The number of ether oxygens (including phenoxy) is 1. The molecule has 7 heteroatoms. The Morgan fingerprint density at radius 1 is 1.09 bits per heavy atom. The minimum absolute atomic E-state index is 0.194. The predicted molar refractivity (Wildman–Crippen MR) is 122 cm³/mol. The van der Waals surface area contributed by atoms with Gasteiger partial charge in [-0.05, 0) is 53.9 Å². The van der Waals surface area contributed by atoms with E-state index in [2.05, 4.69) is 15.4 Å². The van der Waals surface area contributed by atoms with Gasteiger partial charge in [-0.15, -0.1) is 0 Å². The number of carbonyl (C=O) groups is 2. The number of rotatable bonds is 5. The van der Waals surface area contributed by atoms with Crippen LogP contribution < -0.4 is 5.32 Å². The van der Waals surface area contributed by atoms with Gasteiger partial charge in [0, 0.05) is 12.0 Å². The number of aromatic nitrogens is 3. The van der Waals surface area contributed by atoms with Gasteiger partial charge in [0.2, 0.25) is 0 Å². The number of hydrogen-bond donors (Lipinski definition) is 1. The van der Waals surface area contributed by atoms with Crippen molar-refractivity contribution in [1.29, 1.82) is 0 Å². The minimum atomic E-state index is -0.363. The summed E-state index contributed by atoms with van der Waals surface area (Å²) in [5.74, 6) is -0.557. The van der Waals surface area contributed by atoms with E-state index in [0.717, 1.165) is 22.4 Å². The molecule has 3 aromatic carbocycles. The lowest BCUT2D eigenvalue weighted by Crippen LogP contribution is -2.28. The Balaban J connectivity index is 1.31. The molecule has 1 aliphatic heterocycles. The van der Waals surface area contributed by atoms with Gasteiger partial charge in [0.15, 0.2) is 0 Å². The van der Waals surface area contributed by atoms with Gasteiger partial charge in [-0.3, -0.25) is 4.79 Å². The molecule has 0 bridgehead atoms. The minimum Gasteiger partial charge on any atom is -0.454 e. The molecule has 0 radical (unpaired) electrons. The van der Waals surface area contributed by atoms with Crippen molar-refractivity contribution in [2.45, 2.75) is 25.5 Å². The lowest BCUT2D eigenvalue weighted by molar-refractivity contribution is 0.0252. The van der Waals surface area contributed by atoms with E-state index in [4.69, 9.17) is 4.74 Å². The summed E-state index contributed by atoms with van der Waals surface area (Å²) in [5, 5.41) is 7.15. The van der Waals surface area contributed by atoms with Crippen LogP contribution >= 0.6 is 0 Å². The standard InChI is InChI=1S/C26H22N4O3/c1-17(18-7-10-22(11-8-18)30-16-27-15-28-30)29-25(31)20-9-12-23-21(13-20)14-24(33-26(23)32)19-5-3-2-4-6-19/h2-13,15-17,24H,14H2,1H3,(H,29,31)/t17-,24+/m1/s1. The van der Waals surface area contributed by atoms with Crippen LogP contribution in [0, 0.1) is 0 Å². The van der Waals surface area contributed by atoms with Gasteiger partial charge in [-0.25, -0.2) is 14.5 Å². The fourth-order valence-corrected chi connectivity index (χ4v) is 4.01. The SMILES string of the molecule is C[C@@H](NC(=O)c1ccc2c(c1)C[C@@H](c1ccccc1)OC2=O)c1ccc(-n2cncn2)cc1. The summed E-state index contributed by atoms with van der Waals surface area (Å²) >= 11 is 0. The molecule has 0 spiro atoms. The lowest BCUT2D eigenvalue weighted by Gasteiger charge is -2.25. The molecule has 4 aromatic rings. The lowest BCUT2D eigenvalue weighted by atomic mass is 9.93. The van der Waals surface area contributed by atoms with E-state index in [1.54, 1.807) is 29.2 Å². The van der Waals surface area contributed by atoms with Crippen LogP contribution in [-0.2, 0) is 11.2 Å². The fourth-order valence-electron chi connectivity index (χ4n) is 4.01. The summed E-state index contributed by atoms with van der Waals surface area (Å²) in [6, 6.07) is 22.3. The van der Waals surface area contributed by atoms with E-state index in [1.165, 1.54) is 6.33 Å². The quantitative estimate of drug-likeness (QED) is 0.472. The fraction of sp³-hybridized carbons (Fsp3) is 0.154. The van der Waals surface area contributed by atoms with Crippen LogP contribution in [0.4, 0.5) is 0 Å². The van der Waals surface area contributed by atoms with Crippen molar-refractivity contribution in [2.75, 3.05) is 0 Å². The van der Waals surface area contributed by atoms with Crippen molar-refractivity contribution >= 4 is 11.9 Å². The maximum absolute atomic E-state index is 13.0. The summed E-state index contributed by atoms with van der Waals surface area (Å²) in [7, 11) is 0. The smallest absolute Gasteiger partial charge is 0.339 e. The number of carbonyl (C=O) groups excluding carboxylic acids is 2. The second-order valence-corrected chi connectivity index (χ2v) is 8.01. The van der Waals surface area contributed by atoms with E-state index in [-0.39, 0.29) is 24.0 Å². The Labute approximate surface area is 191 Å². The number of esters is 1. The molecule has 2 heterocycles. The molecule has 2 atom stereocenters. The molecule has 0 unspecified atom stereocenters. The van der Waals surface area contributed by atoms with Gasteiger partial charge in [0.05, 0.1) is 17.3 Å². The van der Waals surface area contributed by atoms with Gasteiger partial charge >= 0.3 is 5.97 Å². The summed E-state index contributed by atoms with van der Waals surface area (Å²) in [6.45, 7) is 1.93. The first-order valence-corrected chi connectivity index (χ1v) is 10.7. The first-order chi connectivity index (χ1) is 16.1. The van der Waals surface area contributed by atoms with Crippen molar-refractivity contribution in [3.8, 4) is 5.69 Å². The van der Waals surface area contributed by atoms with Crippen molar-refractivity contribution in [1.82, 2.24) is 20.1 Å². The maximum atomic E-state index is 13.0. The van der Waals surface area contributed by atoms with Gasteiger partial charge in [-0.1, -0.05) is 42.5 Å². The molecule has 1 N–H and O–H groups in total. The highest BCUT2D eigenvalue weighted by molar-refractivity contribution is 5.98. The van der Waals surface area contributed by atoms with E-state index < -0.39 is 0 Å². The maximum Gasteiger partial charge on any atom is 0.339 e. The third-order valence-corrected chi connectivity index (χ3v) is 5.84. The number of benzene rings is 3. The average Bonchev–Trinajstić information content (AvgIpc) is 3.39. The highest BCUT2D eigenvalue weighted by atomic mass is 16.5. The molecule has 0 fully saturated rings. The van der Waals surface area contributed by atoms with E-state index in [0.29, 0.717) is 17.5 Å². The molecule has 1 aromatic heterocycles. The second-order valence-electron chi connectivity index (χ2n) is 8.01. The second kappa shape index (κ2) is 8.70. The molecule has 0 aliphatic carbocycles. The number of hydrogen-bond acceptors (Lipinski definition) is 5. The Kier molecular flexibility index (Phi) is 5.44. The molecular weight excluding hydrogens is 416 g/mol. The topological polar surface area (TPSA) is 86.1 Å². The van der Waals surface area contributed by atoms with Gasteiger partial charge in [-0.2, -0.15) is 5.10 Å². The molecule has 0 saturated carbocycles. The zero-order chi connectivity index (χ0) is 22.8. The molecular formula is C26H22N4O3. The van der Waals surface area contributed by atoms with Gasteiger partial charge in [0.25, 0.3) is 5.91 Å². The van der Waals surface area contributed by atoms with E-state index >= 15 is 0 Å². The van der Waals surface area contributed by atoms with Crippen LogP contribution in [0.3, 0.4) is 0 Å². The average molecular weight is 438 g/mol. The van der Waals surface area contributed by atoms with Crippen LogP contribution in [0.1, 0.15) is 56.5 Å². The summed E-state index contributed by atoms with van der Waals surface area (Å²) in [6.07, 6.45) is 3.30. The highest BCUT2D eigenvalue weighted by Gasteiger charge is 2.28.